The summed E-state index contributed by atoms with van der Waals surface area (Å²) in [4.78, 5) is 28.1. The molecule has 0 N–H and O–H groups in total. The number of rotatable bonds is 2. The number of ether oxygens (including phenoxy) is 1. The average molecular weight is 401 g/mol. The Morgan fingerprint density at radius 1 is 1.33 bits per heavy atom. The lowest BCUT2D eigenvalue weighted by Crippen LogP contribution is -2.48. The maximum atomic E-state index is 12.5. The zero-order valence-corrected chi connectivity index (χ0v) is 16.5. The largest absolute Gasteiger partial charge is 0.444 e. The zero-order chi connectivity index (χ0) is 18.1. The minimum atomic E-state index is -0.507. The fourth-order valence-corrected chi connectivity index (χ4v) is 3.24. The molecule has 8 heteroatoms. The van der Waals surface area contributed by atoms with Crippen LogP contribution in [0.5, 0.6) is 0 Å². The van der Waals surface area contributed by atoms with Crippen molar-refractivity contribution in [2.24, 2.45) is 7.05 Å². The van der Waals surface area contributed by atoms with Gasteiger partial charge in [0.15, 0.2) is 5.69 Å². The predicted octanol–water partition coefficient (Wildman–Crippen LogP) is 2.65. The van der Waals surface area contributed by atoms with Crippen LogP contribution < -0.4 is 0 Å². The highest BCUT2D eigenvalue weighted by Gasteiger charge is 2.31. The van der Waals surface area contributed by atoms with Gasteiger partial charge >= 0.3 is 6.09 Å². The topological polar surface area (TPSA) is 67.7 Å². The average Bonchev–Trinajstić information content (AvgIpc) is 2.83. The van der Waals surface area contributed by atoms with Crippen molar-refractivity contribution in [1.82, 2.24) is 19.6 Å². The lowest BCUT2D eigenvalue weighted by molar-refractivity contribution is 0.0155. The van der Waals surface area contributed by atoms with E-state index in [-0.39, 0.29) is 18.0 Å². The van der Waals surface area contributed by atoms with E-state index in [2.05, 4.69) is 21.0 Å². The maximum absolute atomic E-state index is 12.5. The molecule has 0 unspecified atom stereocenters. The van der Waals surface area contributed by atoms with Crippen LogP contribution in [0.15, 0.2) is 10.7 Å². The van der Waals surface area contributed by atoms with Crippen molar-refractivity contribution >= 4 is 27.9 Å². The number of carbonyl (C=O) groups excluding carboxylic acids is 2. The molecule has 0 radical (unpaired) electrons. The molecule has 134 valence electrons. The Morgan fingerprint density at radius 2 is 1.92 bits per heavy atom. The normalized spacial score (nSPS) is 16.2. The second kappa shape index (κ2) is 7.13. The first-order valence-electron chi connectivity index (χ1n) is 8.02. The van der Waals surface area contributed by atoms with Gasteiger partial charge in [-0.05, 0) is 49.5 Å². The van der Waals surface area contributed by atoms with E-state index in [4.69, 9.17) is 4.74 Å². The summed E-state index contributed by atoms with van der Waals surface area (Å²) < 4.78 is 7.71. The zero-order valence-electron chi connectivity index (χ0n) is 14.9. The molecular weight excluding hydrogens is 376 g/mol. The highest BCUT2D eigenvalue weighted by Crippen LogP contribution is 2.22. The molecule has 2 amide bonds. The second-order valence-corrected chi connectivity index (χ2v) is 7.97. The van der Waals surface area contributed by atoms with Gasteiger partial charge in [0.1, 0.15) is 5.60 Å². The van der Waals surface area contributed by atoms with Gasteiger partial charge in [0.05, 0.1) is 4.47 Å². The van der Waals surface area contributed by atoms with Crippen LogP contribution in [0.1, 0.15) is 44.1 Å². The summed E-state index contributed by atoms with van der Waals surface area (Å²) in [6.45, 7) is 6.75. The van der Waals surface area contributed by atoms with Gasteiger partial charge in [-0.1, -0.05) is 0 Å². The second-order valence-electron chi connectivity index (χ2n) is 7.11. The standard InChI is InChI=1S/C16H25BrN4O3/c1-16(2,3)24-15(23)20(5)11-6-8-21(9-7-11)14(22)13-12(17)10-19(4)18-13/h10-11H,6-9H2,1-5H3. The fraction of sp³-hybridized carbons (Fsp3) is 0.688. The molecule has 1 fully saturated rings. The van der Waals surface area contributed by atoms with Gasteiger partial charge in [-0.25, -0.2) is 4.79 Å². The number of nitrogens with zero attached hydrogens (tertiary/aromatic N) is 4. The number of amides is 2. The molecule has 24 heavy (non-hydrogen) atoms. The first-order chi connectivity index (χ1) is 11.1. The maximum Gasteiger partial charge on any atom is 0.410 e. The van der Waals surface area contributed by atoms with Gasteiger partial charge < -0.3 is 14.5 Å². The summed E-state index contributed by atoms with van der Waals surface area (Å²) in [5.74, 6) is -0.0825. The first-order valence-corrected chi connectivity index (χ1v) is 8.82. The van der Waals surface area contributed by atoms with Gasteiger partial charge in [-0.2, -0.15) is 5.10 Å². The molecule has 0 saturated carbocycles. The number of hydrogen-bond acceptors (Lipinski definition) is 4. The molecule has 0 aliphatic carbocycles. The van der Waals surface area contributed by atoms with Gasteiger partial charge in [0.2, 0.25) is 0 Å². The molecule has 2 rings (SSSR count). The Kier molecular flexibility index (Phi) is 5.57. The number of hydrogen-bond donors (Lipinski definition) is 0. The molecule has 0 aromatic carbocycles. The number of aryl methyl sites for hydroxylation is 1. The first kappa shape index (κ1) is 18.8. The highest BCUT2D eigenvalue weighted by molar-refractivity contribution is 9.10. The predicted molar refractivity (Wildman–Crippen MR) is 93.8 cm³/mol. The lowest BCUT2D eigenvalue weighted by Gasteiger charge is -2.37. The van der Waals surface area contributed by atoms with Gasteiger partial charge in [-0.3, -0.25) is 9.48 Å². The summed E-state index contributed by atoms with van der Waals surface area (Å²) in [5, 5.41) is 4.20. The third kappa shape index (κ3) is 4.49. The van der Waals surface area contributed by atoms with Crippen LogP contribution in [-0.2, 0) is 11.8 Å². The fourth-order valence-electron chi connectivity index (χ4n) is 2.69. The van der Waals surface area contributed by atoms with Crippen LogP contribution >= 0.6 is 15.9 Å². The molecule has 1 aromatic heterocycles. The SMILES string of the molecule is CN(C(=O)OC(C)(C)C)C1CCN(C(=O)c2nn(C)cc2Br)CC1. The molecule has 0 spiro atoms. The Labute approximate surface area is 151 Å². The van der Waals surface area contributed by atoms with Gasteiger partial charge in [0, 0.05) is 39.4 Å². The molecule has 7 nitrogen and oxygen atoms in total. The number of halogens is 1. The van der Waals surface area contributed by atoms with Crippen molar-refractivity contribution < 1.29 is 14.3 Å². The number of carbonyl (C=O) groups is 2. The number of aromatic nitrogens is 2. The summed E-state index contributed by atoms with van der Waals surface area (Å²) in [7, 11) is 3.54. The van der Waals surface area contributed by atoms with Crippen molar-refractivity contribution in [3.8, 4) is 0 Å². The van der Waals surface area contributed by atoms with Gasteiger partial charge in [-0.15, -0.1) is 0 Å². The molecule has 2 heterocycles. The molecule has 1 saturated heterocycles. The highest BCUT2D eigenvalue weighted by atomic mass is 79.9. The van der Waals surface area contributed by atoms with E-state index in [9.17, 15) is 9.59 Å². The lowest BCUT2D eigenvalue weighted by atomic mass is 10.0. The molecule has 0 atom stereocenters. The molecular formula is C16H25BrN4O3. The Balaban J connectivity index is 1.92. The number of likely N-dealkylation sites (tertiary alicyclic amines) is 1. The monoisotopic (exact) mass is 400 g/mol. The molecule has 1 aliphatic heterocycles. The van der Waals surface area contributed by atoms with Crippen molar-refractivity contribution in [1.29, 1.82) is 0 Å². The van der Waals surface area contributed by atoms with Crippen LogP contribution in [0.3, 0.4) is 0 Å². The van der Waals surface area contributed by atoms with Crippen LogP contribution in [0.4, 0.5) is 4.79 Å². The van der Waals surface area contributed by atoms with Crippen LogP contribution in [0, 0.1) is 0 Å². The van der Waals surface area contributed by atoms with Crippen molar-refractivity contribution in [2.45, 2.75) is 45.3 Å². The van der Waals surface area contributed by atoms with E-state index in [1.807, 2.05) is 20.8 Å². The van der Waals surface area contributed by atoms with Crippen LogP contribution in [0.25, 0.3) is 0 Å². The van der Waals surface area contributed by atoms with E-state index < -0.39 is 5.60 Å². The van der Waals surface area contributed by atoms with Crippen molar-refractivity contribution in [3.63, 3.8) is 0 Å². The van der Waals surface area contributed by atoms with Crippen molar-refractivity contribution in [3.05, 3.63) is 16.4 Å². The molecule has 0 bridgehead atoms. The molecule has 1 aliphatic rings. The van der Waals surface area contributed by atoms with E-state index >= 15 is 0 Å². The van der Waals surface area contributed by atoms with Crippen molar-refractivity contribution in [2.75, 3.05) is 20.1 Å². The van der Waals surface area contributed by atoms with E-state index in [0.29, 0.717) is 23.3 Å². The minimum absolute atomic E-state index is 0.0797. The van der Waals surface area contributed by atoms with E-state index in [0.717, 1.165) is 12.8 Å². The van der Waals surface area contributed by atoms with E-state index in [1.54, 1.807) is 34.8 Å². The Morgan fingerprint density at radius 3 is 2.38 bits per heavy atom. The summed E-state index contributed by atoms with van der Waals surface area (Å²) in [5.41, 5.74) is -0.0794. The smallest absolute Gasteiger partial charge is 0.410 e. The summed E-state index contributed by atoms with van der Waals surface area (Å²) in [6.07, 6.45) is 2.90. The van der Waals surface area contributed by atoms with Crippen LogP contribution in [-0.4, -0.2) is 63.4 Å². The summed E-state index contributed by atoms with van der Waals surface area (Å²) in [6, 6.07) is 0.0797. The third-order valence-corrected chi connectivity index (χ3v) is 4.55. The minimum Gasteiger partial charge on any atom is -0.444 e. The third-order valence-electron chi connectivity index (χ3n) is 3.97. The molecule has 1 aromatic rings. The van der Waals surface area contributed by atoms with Gasteiger partial charge in [0.25, 0.3) is 5.91 Å². The quantitative estimate of drug-likeness (QED) is 0.764. The summed E-state index contributed by atoms with van der Waals surface area (Å²) >= 11 is 3.37. The number of piperidine rings is 1. The Hall–Kier alpha value is -1.57. The Bertz CT molecular complexity index is 615. The van der Waals surface area contributed by atoms with E-state index in [1.165, 1.54) is 0 Å². The van der Waals surface area contributed by atoms with Crippen LogP contribution in [0.2, 0.25) is 0 Å².